The molecule has 0 saturated carbocycles. The second kappa shape index (κ2) is 18.3. The van der Waals surface area contributed by atoms with Gasteiger partial charge in [-0.3, -0.25) is 27.9 Å². The van der Waals surface area contributed by atoms with E-state index >= 15 is 0 Å². The average molecular weight is 939 g/mol. The maximum atomic E-state index is 14.5. The second-order valence-corrected chi connectivity index (χ2v) is 30.9. The van der Waals surface area contributed by atoms with Crippen LogP contribution in [0.4, 0.5) is 0 Å². The van der Waals surface area contributed by atoms with Crippen LogP contribution in [0.3, 0.4) is 0 Å². The summed E-state index contributed by atoms with van der Waals surface area (Å²) >= 11 is 0. The molecule has 0 radical (unpaired) electrons. The summed E-state index contributed by atoms with van der Waals surface area (Å²) in [6.45, 7) is 23.1. The molecule has 1 unspecified atom stereocenters. The molecule has 7 atom stereocenters. The van der Waals surface area contributed by atoms with Crippen molar-refractivity contribution in [3.8, 4) is 0 Å². The number of nitrogens with zero attached hydrogens (tertiary/aromatic N) is 7. The molecule has 20 nitrogen and oxygen atoms in total. The van der Waals surface area contributed by atoms with Gasteiger partial charge in [0.05, 0.1) is 36.5 Å². The molecule has 0 bridgehead atoms. The Morgan fingerprint density at radius 3 is 1.89 bits per heavy atom. The lowest BCUT2D eigenvalue weighted by molar-refractivity contribution is -0.0567. The van der Waals surface area contributed by atoms with Gasteiger partial charge >= 0.3 is 11.4 Å². The van der Waals surface area contributed by atoms with Crippen molar-refractivity contribution in [2.75, 3.05) is 13.2 Å². The van der Waals surface area contributed by atoms with E-state index in [1.165, 1.54) is 21.5 Å². The first-order chi connectivity index (χ1) is 29.0. The second-order valence-electron chi connectivity index (χ2n) is 20.0. The van der Waals surface area contributed by atoms with E-state index in [0.29, 0.717) is 31.2 Å². The summed E-state index contributed by atoms with van der Waals surface area (Å²) in [6, 6.07) is -0.679. The lowest BCUT2D eigenvalue weighted by atomic mass is 9.89. The zero-order valence-corrected chi connectivity index (χ0v) is 41.4. The van der Waals surface area contributed by atoms with E-state index < -0.39 is 98.3 Å². The van der Waals surface area contributed by atoms with E-state index in [9.17, 15) is 32.7 Å². The Hall–Kier alpha value is -3.65. The van der Waals surface area contributed by atoms with Gasteiger partial charge in [0.15, 0.2) is 28.5 Å². The standard InChI is InChI=1S/C40H66N8O12SSi2/c1-25-20-47(31-19-27(43-44-42)28(22-49)57-31)36(52)45(33(25)50)17-15-13-14-16-18-46-34(51)26(2)21-48(37(46)53)35-32(59-63(11,12)39(6,7)8)40(29(41)24-61(54,55)60-40)30(58-35)23-56-62(9,10)38(3,4)5/h20-21,24,27-28,30-32,35,49H,13-19,22-23,41H2,1-12H3/t27?,28-,30-,31-,32+,35-,40-/m1/s1. The van der Waals surface area contributed by atoms with Crippen molar-refractivity contribution in [2.24, 2.45) is 10.8 Å². The predicted molar refractivity (Wildman–Crippen MR) is 241 cm³/mol. The molecule has 5 heterocycles. The molecular formula is C40H66N8O12SSi2. The van der Waals surface area contributed by atoms with Crippen LogP contribution in [0.2, 0.25) is 36.3 Å². The Labute approximate surface area is 370 Å². The molecule has 352 valence electrons. The highest BCUT2D eigenvalue weighted by Gasteiger charge is 2.67. The first kappa shape index (κ1) is 50.4. The normalized spacial score (nSPS) is 26.3. The van der Waals surface area contributed by atoms with Crippen LogP contribution in [0.5, 0.6) is 0 Å². The van der Waals surface area contributed by atoms with Crippen molar-refractivity contribution in [1.82, 2.24) is 18.3 Å². The number of aryl methyl sites for hydroxylation is 2. The summed E-state index contributed by atoms with van der Waals surface area (Å²) in [5.74, 6) is 0. The summed E-state index contributed by atoms with van der Waals surface area (Å²) in [4.78, 5) is 57.5. The number of aliphatic hydroxyl groups is 1. The zero-order valence-electron chi connectivity index (χ0n) is 38.6. The van der Waals surface area contributed by atoms with E-state index in [1.54, 1.807) is 13.8 Å². The van der Waals surface area contributed by atoms with Gasteiger partial charge in [-0.15, -0.1) is 0 Å². The lowest BCUT2D eigenvalue weighted by Gasteiger charge is -2.43. The van der Waals surface area contributed by atoms with E-state index in [-0.39, 0.29) is 47.5 Å². The fraction of sp³-hybridized carbons (Fsp3) is 0.750. The van der Waals surface area contributed by atoms with Gasteiger partial charge in [-0.1, -0.05) is 59.5 Å². The molecular weight excluding hydrogens is 873 g/mol. The lowest BCUT2D eigenvalue weighted by Crippen LogP contribution is -2.59. The highest BCUT2D eigenvalue weighted by atomic mass is 32.2. The van der Waals surface area contributed by atoms with Gasteiger partial charge in [0.25, 0.3) is 21.2 Å². The third-order valence-electron chi connectivity index (χ3n) is 13.5. The molecule has 23 heteroatoms. The number of aliphatic hydroxyl groups excluding tert-OH is 1. The number of nitrogens with two attached hydrogens (primary N) is 1. The Bertz CT molecular complexity index is 2480. The number of rotatable bonds is 16. The van der Waals surface area contributed by atoms with Crippen LogP contribution in [-0.4, -0.2) is 91.6 Å². The Morgan fingerprint density at radius 1 is 0.889 bits per heavy atom. The summed E-state index contributed by atoms with van der Waals surface area (Å²) in [6.07, 6.45) is -0.435. The van der Waals surface area contributed by atoms with Crippen molar-refractivity contribution in [3.05, 3.63) is 86.7 Å². The molecule has 3 aliphatic rings. The Balaban J connectivity index is 1.40. The van der Waals surface area contributed by atoms with Crippen molar-refractivity contribution in [2.45, 2.75) is 179 Å². The van der Waals surface area contributed by atoms with Crippen LogP contribution in [0.1, 0.15) is 97.2 Å². The summed E-state index contributed by atoms with van der Waals surface area (Å²) in [5, 5.41) is 13.6. The monoisotopic (exact) mass is 938 g/mol. The van der Waals surface area contributed by atoms with Crippen LogP contribution in [0.25, 0.3) is 10.4 Å². The fourth-order valence-corrected chi connectivity index (χ4v) is 11.2. The number of aromatic nitrogens is 4. The fourth-order valence-electron chi connectivity index (χ4n) is 7.64. The van der Waals surface area contributed by atoms with E-state index in [4.69, 9.17) is 33.8 Å². The minimum Gasteiger partial charge on any atom is -0.414 e. The quantitative estimate of drug-likeness (QED) is 0.0592. The van der Waals surface area contributed by atoms with Gasteiger partial charge < -0.3 is 29.2 Å². The molecule has 2 aromatic rings. The topological polar surface area (TPSA) is 263 Å². The van der Waals surface area contributed by atoms with E-state index in [0.717, 1.165) is 14.5 Å². The number of unbranched alkanes of at least 4 members (excludes halogenated alkanes) is 3. The molecule has 3 N–H and O–H groups in total. The van der Waals surface area contributed by atoms with Gasteiger partial charge in [-0.05, 0) is 68.5 Å². The van der Waals surface area contributed by atoms with Crippen molar-refractivity contribution >= 4 is 26.8 Å². The molecule has 3 aliphatic heterocycles. The maximum absolute atomic E-state index is 14.5. The summed E-state index contributed by atoms with van der Waals surface area (Å²) in [7, 11) is -9.57. The molecule has 2 saturated heterocycles. The van der Waals surface area contributed by atoms with Gasteiger partial charge in [-0.25, -0.2) is 13.8 Å². The van der Waals surface area contributed by atoms with Gasteiger partial charge in [0.2, 0.25) is 0 Å². The van der Waals surface area contributed by atoms with E-state index in [1.807, 2.05) is 33.9 Å². The van der Waals surface area contributed by atoms with Crippen LogP contribution in [-0.2, 0) is 45.7 Å². The first-order valence-corrected chi connectivity index (χ1v) is 28.7. The maximum Gasteiger partial charge on any atom is 0.333 e. The molecule has 0 amide bonds. The van der Waals surface area contributed by atoms with Crippen molar-refractivity contribution in [3.63, 3.8) is 0 Å². The number of hydrogen-bond acceptors (Lipinski definition) is 14. The molecule has 0 aromatic carbocycles. The van der Waals surface area contributed by atoms with Crippen LogP contribution >= 0.6 is 0 Å². The number of azide groups is 1. The number of hydrogen-bond donors (Lipinski definition) is 2. The number of ether oxygens (including phenoxy) is 2. The molecule has 1 spiro atoms. The van der Waals surface area contributed by atoms with Gasteiger partial charge in [0.1, 0.15) is 18.4 Å². The summed E-state index contributed by atoms with van der Waals surface area (Å²) < 4.78 is 63.3. The Morgan fingerprint density at radius 2 is 1.41 bits per heavy atom. The van der Waals surface area contributed by atoms with Crippen LogP contribution in [0, 0.1) is 13.8 Å². The summed E-state index contributed by atoms with van der Waals surface area (Å²) in [5.41, 5.74) is 11.8. The molecule has 0 aliphatic carbocycles. The van der Waals surface area contributed by atoms with E-state index in [2.05, 4.69) is 43.9 Å². The third kappa shape index (κ3) is 9.97. The molecule has 63 heavy (non-hydrogen) atoms. The minimum atomic E-state index is -4.31. The van der Waals surface area contributed by atoms with Crippen LogP contribution < -0.4 is 28.2 Å². The van der Waals surface area contributed by atoms with Crippen molar-refractivity contribution < 1.29 is 36.0 Å². The first-order valence-electron chi connectivity index (χ1n) is 21.4. The minimum absolute atomic E-state index is 0.0321. The van der Waals surface area contributed by atoms with Crippen LogP contribution in [0.15, 0.2) is 47.8 Å². The predicted octanol–water partition coefficient (Wildman–Crippen LogP) is 4.38. The van der Waals surface area contributed by atoms with Gasteiger partial charge in [0, 0.05) is 47.9 Å². The largest absolute Gasteiger partial charge is 0.414 e. The molecule has 2 aromatic heterocycles. The average Bonchev–Trinajstić information content (AvgIpc) is 3.79. The highest BCUT2D eigenvalue weighted by molar-refractivity contribution is 7.90. The third-order valence-corrected chi connectivity index (χ3v) is 23.5. The zero-order chi connectivity index (χ0) is 47.2. The van der Waals surface area contributed by atoms with Crippen molar-refractivity contribution in [1.29, 1.82) is 0 Å². The highest BCUT2D eigenvalue weighted by Crippen LogP contribution is 2.52. The molecule has 5 rings (SSSR count). The van der Waals surface area contributed by atoms with Gasteiger partial charge in [-0.2, -0.15) is 8.42 Å². The molecule has 2 fully saturated rings. The SMILES string of the molecule is Cc1cn([C@@H]2O[C@H](CO[Si](C)(C)C(C)(C)C)[C@@]3(OS(=O)(=O)C=C3N)[C@H]2O[Si](C)(C)C(C)(C)C)c(=O)n(CCCCCCn2c(=O)c(C)cn([C@H]3CC(N=[N+]=[N-])[C@@H](CO)O3)c2=O)c1=O. The Kier molecular flexibility index (Phi) is 14.6. The smallest absolute Gasteiger partial charge is 0.333 e.